The molecule has 0 radical (unpaired) electrons. The van der Waals surface area contributed by atoms with Crippen molar-refractivity contribution < 1.29 is 0 Å². The van der Waals surface area contributed by atoms with Crippen LogP contribution >= 0.6 is 11.6 Å². The summed E-state index contributed by atoms with van der Waals surface area (Å²) in [6.07, 6.45) is 3.82. The molecule has 0 aliphatic heterocycles. The molecule has 0 saturated heterocycles. The minimum atomic E-state index is 0.543. The van der Waals surface area contributed by atoms with Gasteiger partial charge in [-0.15, -0.1) is 0 Å². The molecule has 0 aliphatic rings. The fourth-order valence-electron chi connectivity index (χ4n) is 2.42. The van der Waals surface area contributed by atoms with Crippen molar-refractivity contribution in [3.8, 4) is 17.2 Å². The molecule has 1 aromatic heterocycles. The van der Waals surface area contributed by atoms with Crippen molar-refractivity contribution in [3.05, 3.63) is 71.0 Å². The van der Waals surface area contributed by atoms with Gasteiger partial charge in [0.05, 0.1) is 22.5 Å². The van der Waals surface area contributed by atoms with Gasteiger partial charge in [0.15, 0.2) is 0 Å². The van der Waals surface area contributed by atoms with Crippen LogP contribution in [0.15, 0.2) is 54.9 Å². The molecule has 3 rings (SSSR count). The van der Waals surface area contributed by atoms with E-state index in [0.717, 1.165) is 16.7 Å². The smallest absolute Gasteiger partial charge is 0.101 e. The first-order chi connectivity index (χ1) is 11.2. The lowest BCUT2D eigenvalue weighted by Crippen LogP contribution is -2.02. The number of rotatable bonds is 4. The van der Waals surface area contributed by atoms with Crippen LogP contribution in [-0.2, 0) is 13.6 Å². The van der Waals surface area contributed by atoms with Gasteiger partial charge in [0, 0.05) is 25.4 Å². The van der Waals surface area contributed by atoms with E-state index in [-0.39, 0.29) is 0 Å². The topological polar surface area (TPSA) is 53.6 Å². The summed E-state index contributed by atoms with van der Waals surface area (Å²) < 4.78 is 1.78. The van der Waals surface area contributed by atoms with E-state index in [1.54, 1.807) is 22.9 Å². The summed E-state index contributed by atoms with van der Waals surface area (Å²) in [5.74, 6) is 0. The zero-order valence-electron chi connectivity index (χ0n) is 12.6. The molecule has 0 aliphatic carbocycles. The number of hydrogen-bond acceptors (Lipinski definition) is 3. The molecule has 1 N–H and O–H groups in total. The zero-order chi connectivity index (χ0) is 16.2. The van der Waals surface area contributed by atoms with Crippen molar-refractivity contribution in [2.75, 3.05) is 5.32 Å². The molecule has 0 saturated carbocycles. The Morgan fingerprint density at radius 2 is 2.04 bits per heavy atom. The summed E-state index contributed by atoms with van der Waals surface area (Å²) in [5, 5.41) is 17.2. The highest BCUT2D eigenvalue weighted by atomic mass is 35.5. The molecular formula is C18H15ClN4. The summed E-state index contributed by atoms with van der Waals surface area (Å²) >= 11 is 6.18. The van der Waals surface area contributed by atoms with Gasteiger partial charge in [-0.25, -0.2) is 0 Å². The summed E-state index contributed by atoms with van der Waals surface area (Å²) in [5.41, 5.74) is 4.50. The lowest BCUT2D eigenvalue weighted by atomic mass is 10.1. The lowest BCUT2D eigenvalue weighted by Gasteiger charge is -2.11. The van der Waals surface area contributed by atoms with Gasteiger partial charge in [0.2, 0.25) is 0 Å². The van der Waals surface area contributed by atoms with Crippen LogP contribution < -0.4 is 5.32 Å². The first-order valence-electron chi connectivity index (χ1n) is 7.18. The van der Waals surface area contributed by atoms with E-state index in [4.69, 9.17) is 11.6 Å². The third-order valence-electron chi connectivity index (χ3n) is 3.57. The van der Waals surface area contributed by atoms with Gasteiger partial charge in [0.1, 0.15) is 6.07 Å². The van der Waals surface area contributed by atoms with Crippen molar-refractivity contribution in [1.29, 1.82) is 5.26 Å². The Balaban J connectivity index is 1.81. The molecule has 4 nitrogen and oxygen atoms in total. The SMILES string of the molecule is Cn1cc(-c2cccc(CNc3c(Cl)cccc3C#N)c2)cn1. The van der Waals surface area contributed by atoms with Crippen LogP contribution in [0.4, 0.5) is 5.69 Å². The number of halogens is 1. The van der Waals surface area contributed by atoms with Crippen LogP contribution in [0, 0.1) is 11.3 Å². The van der Waals surface area contributed by atoms with Crippen LogP contribution in [0.3, 0.4) is 0 Å². The number of aromatic nitrogens is 2. The monoisotopic (exact) mass is 322 g/mol. The molecule has 5 heteroatoms. The van der Waals surface area contributed by atoms with Gasteiger partial charge in [-0.2, -0.15) is 10.4 Å². The summed E-state index contributed by atoms with van der Waals surface area (Å²) in [6.45, 7) is 0.590. The minimum Gasteiger partial charge on any atom is -0.379 e. The summed E-state index contributed by atoms with van der Waals surface area (Å²) in [4.78, 5) is 0. The highest BCUT2D eigenvalue weighted by Gasteiger charge is 2.07. The second-order valence-corrected chi connectivity index (χ2v) is 5.64. The van der Waals surface area contributed by atoms with Crippen molar-refractivity contribution in [2.24, 2.45) is 7.05 Å². The number of nitriles is 1. The number of anilines is 1. The van der Waals surface area contributed by atoms with Gasteiger partial charge >= 0.3 is 0 Å². The molecule has 0 amide bonds. The Labute approximate surface area is 139 Å². The number of aryl methyl sites for hydroxylation is 1. The maximum atomic E-state index is 9.18. The fourth-order valence-corrected chi connectivity index (χ4v) is 2.66. The molecule has 0 spiro atoms. The maximum Gasteiger partial charge on any atom is 0.101 e. The number of para-hydroxylation sites is 1. The Kier molecular flexibility index (Phi) is 4.31. The molecule has 3 aromatic rings. The normalized spacial score (nSPS) is 10.3. The largest absolute Gasteiger partial charge is 0.379 e. The van der Waals surface area contributed by atoms with Gasteiger partial charge in [-0.05, 0) is 29.3 Å². The fraction of sp³-hybridized carbons (Fsp3) is 0.111. The highest BCUT2D eigenvalue weighted by Crippen LogP contribution is 2.26. The van der Waals surface area contributed by atoms with Gasteiger partial charge in [-0.1, -0.05) is 35.9 Å². The molecule has 0 bridgehead atoms. The van der Waals surface area contributed by atoms with E-state index in [1.165, 1.54) is 0 Å². The van der Waals surface area contributed by atoms with E-state index in [0.29, 0.717) is 22.8 Å². The molecule has 0 unspecified atom stereocenters. The molecular weight excluding hydrogens is 308 g/mol. The quantitative estimate of drug-likeness (QED) is 0.782. The van der Waals surface area contributed by atoms with E-state index in [9.17, 15) is 5.26 Å². The van der Waals surface area contributed by atoms with E-state index in [1.807, 2.05) is 31.6 Å². The Bertz CT molecular complexity index is 877. The minimum absolute atomic E-state index is 0.543. The molecule has 23 heavy (non-hydrogen) atoms. The van der Waals surface area contributed by atoms with Crippen molar-refractivity contribution in [1.82, 2.24) is 9.78 Å². The first kappa shape index (κ1) is 15.1. The van der Waals surface area contributed by atoms with Crippen LogP contribution in [0.2, 0.25) is 5.02 Å². The second-order valence-electron chi connectivity index (χ2n) is 5.23. The highest BCUT2D eigenvalue weighted by molar-refractivity contribution is 6.33. The van der Waals surface area contributed by atoms with Crippen LogP contribution in [0.25, 0.3) is 11.1 Å². The molecule has 0 atom stereocenters. The van der Waals surface area contributed by atoms with Crippen LogP contribution in [0.1, 0.15) is 11.1 Å². The van der Waals surface area contributed by atoms with Crippen LogP contribution in [0.5, 0.6) is 0 Å². The summed E-state index contributed by atoms with van der Waals surface area (Å²) in [6, 6.07) is 15.7. The van der Waals surface area contributed by atoms with Crippen molar-refractivity contribution in [2.45, 2.75) is 6.54 Å². The maximum absolute atomic E-state index is 9.18. The van der Waals surface area contributed by atoms with Crippen molar-refractivity contribution >= 4 is 17.3 Å². The molecule has 0 fully saturated rings. The third kappa shape index (κ3) is 3.36. The third-order valence-corrected chi connectivity index (χ3v) is 3.88. The number of nitrogens with one attached hydrogen (secondary N) is 1. The van der Waals surface area contributed by atoms with E-state index in [2.05, 4.69) is 28.6 Å². The molecule has 1 heterocycles. The van der Waals surface area contributed by atoms with E-state index < -0.39 is 0 Å². The Morgan fingerprint density at radius 1 is 1.22 bits per heavy atom. The average Bonchev–Trinajstić information content (AvgIpc) is 3.00. The molecule has 2 aromatic carbocycles. The number of benzene rings is 2. The van der Waals surface area contributed by atoms with Crippen LogP contribution in [-0.4, -0.2) is 9.78 Å². The predicted molar refractivity (Wildman–Crippen MR) is 92.1 cm³/mol. The summed E-state index contributed by atoms with van der Waals surface area (Å²) in [7, 11) is 1.90. The second kappa shape index (κ2) is 6.55. The Hall–Kier alpha value is -2.77. The Morgan fingerprint density at radius 3 is 2.78 bits per heavy atom. The van der Waals surface area contributed by atoms with E-state index >= 15 is 0 Å². The van der Waals surface area contributed by atoms with Gasteiger partial charge < -0.3 is 5.32 Å². The number of nitrogens with zero attached hydrogens (tertiary/aromatic N) is 3. The van der Waals surface area contributed by atoms with Crippen molar-refractivity contribution in [3.63, 3.8) is 0 Å². The zero-order valence-corrected chi connectivity index (χ0v) is 13.4. The number of hydrogen-bond donors (Lipinski definition) is 1. The lowest BCUT2D eigenvalue weighted by molar-refractivity contribution is 0.768. The van der Waals surface area contributed by atoms with Gasteiger partial charge in [0.25, 0.3) is 0 Å². The molecule has 114 valence electrons. The predicted octanol–water partition coefficient (Wildman–Crippen LogP) is 4.22. The standard InChI is InChI=1S/C18H15ClN4/c1-23-12-16(11-22-23)14-5-2-4-13(8-14)10-21-18-15(9-20)6-3-7-17(18)19/h2-8,11-12,21H,10H2,1H3. The first-order valence-corrected chi connectivity index (χ1v) is 7.55. The van der Waals surface area contributed by atoms with Gasteiger partial charge in [-0.3, -0.25) is 4.68 Å². The average molecular weight is 323 g/mol.